The van der Waals surface area contributed by atoms with Crippen LogP contribution in [0.3, 0.4) is 0 Å². The molecule has 1 aromatic rings. The lowest BCUT2D eigenvalue weighted by Crippen LogP contribution is -2.40. The number of aliphatic hydroxyl groups is 1. The number of hydrogen-bond donors (Lipinski definition) is 3. The number of hydrogen-bond acceptors (Lipinski definition) is 4. The number of aliphatic hydroxyl groups excluding tert-OH is 1. The van der Waals surface area contributed by atoms with Crippen LogP contribution in [-0.2, 0) is 5.41 Å². The standard InChI is InChI=1S/C11H18N4O2/c1-10(2,3)9-12-7(14-15-9)8(17)13-11(6-16)4-5-11/h16H,4-6H2,1-3H3,(H,13,17)(H,12,14,15). The minimum atomic E-state index is -0.431. The van der Waals surface area contributed by atoms with Gasteiger partial charge in [-0.15, -0.1) is 5.10 Å². The molecule has 0 unspecified atom stereocenters. The van der Waals surface area contributed by atoms with Crippen LogP contribution >= 0.6 is 0 Å². The number of amides is 1. The summed E-state index contributed by atoms with van der Waals surface area (Å²) in [5.41, 5.74) is -0.598. The van der Waals surface area contributed by atoms with E-state index >= 15 is 0 Å². The first-order valence-corrected chi connectivity index (χ1v) is 5.73. The Morgan fingerprint density at radius 3 is 2.59 bits per heavy atom. The third kappa shape index (κ3) is 2.46. The zero-order chi connectivity index (χ0) is 12.7. The number of nitrogens with zero attached hydrogens (tertiary/aromatic N) is 2. The third-order valence-corrected chi connectivity index (χ3v) is 2.93. The van der Waals surface area contributed by atoms with Crippen molar-refractivity contribution in [2.45, 2.75) is 44.6 Å². The number of carbonyl (C=O) groups excluding carboxylic acids is 1. The lowest BCUT2D eigenvalue weighted by Gasteiger charge is -2.13. The van der Waals surface area contributed by atoms with Gasteiger partial charge in [0, 0.05) is 5.41 Å². The van der Waals surface area contributed by atoms with Crippen molar-refractivity contribution in [3.8, 4) is 0 Å². The van der Waals surface area contributed by atoms with Crippen molar-refractivity contribution in [1.29, 1.82) is 0 Å². The summed E-state index contributed by atoms with van der Waals surface area (Å²) >= 11 is 0. The Hall–Kier alpha value is -1.43. The van der Waals surface area contributed by atoms with Crippen LogP contribution in [0.5, 0.6) is 0 Å². The molecule has 94 valence electrons. The van der Waals surface area contributed by atoms with Crippen molar-refractivity contribution in [3.05, 3.63) is 11.6 Å². The van der Waals surface area contributed by atoms with Gasteiger partial charge in [0.1, 0.15) is 5.82 Å². The number of aromatic amines is 1. The van der Waals surface area contributed by atoms with E-state index in [0.717, 1.165) is 12.8 Å². The van der Waals surface area contributed by atoms with Gasteiger partial charge in [0.2, 0.25) is 5.82 Å². The predicted molar refractivity (Wildman–Crippen MR) is 61.6 cm³/mol. The maximum atomic E-state index is 11.8. The van der Waals surface area contributed by atoms with Gasteiger partial charge in [-0.25, -0.2) is 4.98 Å². The molecule has 1 aliphatic carbocycles. The first-order valence-electron chi connectivity index (χ1n) is 5.73. The van der Waals surface area contributed by atoms with Crippen LogP contribution in [0, 0.1) is 0 Å². The number of carbonyl (C=O) groups is 1. The summed E-state index contributed by atoms with van der Waals surface area (Å²) in [4.78, 5) is 16.0. The van der Waals surface area contributed by atoms with E-state index < -0.39 is 5.54 Å². The van der Waals surface area contributed by atoms with E-state index in [1.165, 1.54) is 0 Å². The molecule has 2 rings (SSSR count). The monoisotopic (exact) mass is 238 g/mol. The molecule has 0 bridgehead atoms. The summed E-state index contributed by atoms with van der Waals surface area (Å²) in [6.45, 7) is 5.94. The smallest absolute Gasteiger partial charge is 0.291 e. The third-order valence-electron chi connectivity index (χ3n) is 2.93. The van der Waals surface area contributed by atoms with Gasteiger partial charge in [-0.05, 0) is 12.8 Å². The van der Waals surface area contributed by atoms with Gasteiger partial charge in [-0.3, -0.25) is 9.89 Å². The van der Waals surface area contributed by atoms with E-state index in [1.54, 1.807) is 0 Å². The average Bonchev–Trinajstić information content (AvgIpc) is 2.81. The van der Waals surface area contributed by atoms with Crippen LogP contribution in [0.4, 0.5) is 0 Å². The summed E-state index contributed by atoms with van der Waals surface area (Å²) in [7, 11) is 0. The van der Waals surface area contributed by atoms with Crippen molar-refractivity contribution in [3.63, 3.8) is 0 Å². The molecule has 0 radical (unpaired) electrons. The fourth-order valence-corrected chi connectivity index (χ4v) is 1.47. The van der Waals surface area contributed by atoms with Crippen molar-refractivity contribution < 1.29 is 9.90 Å². The highest BCUT2D eigenvalue weighted by Gasteiger charge is 2.44. The van der Waals surface area contributed by atoms with Crippen molar-refractivity contribution in [1.82, 2.24) is 20.5 Å². The molecule has 1 fully saturated rings. The SMILES string of the molecule is CC(C)(C)c1nc(C(=O)NC2(CO)CC2)n[nH]1. The molecular formula is C11H18N4O2. The molecule has 1 aromatic heterocycles. The summed E-state index contributed by atoms with van der Waals surface area (Å²) in [6.07, 6.45) is 1.62. The minimum absolute atomic E-state index is 0.0324. The molecule has 1 amide bonds. The Morgan fingerprint density at radius 2 is 2.18 bits per heavy atom. The second-order valence-electron chi connectivity index (χ2n) is 5.65. The van der Waals surface area contributed by atoms with Gasteiger partial charge in [-0.1, -0.05) is 20.8 Å². The first kappa shape index (κ1) is 12.0. The van der Waals surface area contributed by atoms with Gasteiger partial charge in [0.05, 0.1) is 12.1 Å². The molecular weight excluding hydrogens is 220 g/mol. The molecule has 0 aliphatic heterocycles. The number of rotatable bonds is 3. The van der Waals surface area contributed by atoms with Crippen LogP contribution < -0.4 is 5.32 Å². The van der Waals surface area contributed by atoms with Crippen LogP contribution in [0.1, 0.15) is 50.1 Å². The van der Waals surface area contributed by atoms with Crippen LogP contribution in [0.2, 0.25) is 0 Å². The molecule has 1 saturated carbocycles. The normalized spacial score (nSPS) is 17.9. The molecule has 0 aromatic carbocycles. The molecule has 0 atom stereocenters. The van der Waals surface area contributed by atoms with Crippen molar-refractivity contribution in [2.24, 2.45) is 0 Å². The van der Waals surface area contributed by atoms with Crippen LogP contribution in [0.15, 0.2) is 0 Å². The topological polar surface area (TPSA) is 90.9 Å². The Balaban J connectivity index is 2.08. The zero-order valence-corrected chi connectivity index (χ0v) is 10.4. The van der Waals surface area contributed by atoms with Crippen molar-refractivity contribution in [2.75, 3.05) is 6.61 Å². The lowest BCUT2D eigenvalue weighted by atomic mass is 9.96. The first-order chi connectivity index (χ1) is 7.86. The highest BCUT2D eigenvalue weighted by molar-refractivity contribution is 5.91. The lowest BCUT2D eigenvalue weighted by molar-refractivity contribution is 0.0896. The second-order valence-corrected chi connectivity index (χ2v) is 5.65. The van der Waals surface area contributed by atoms with E-state index in [1.807, 2.05) is 20.8 Å². The fourth-order valence-electron chi connectivity index (χ4n) is 1.47. The van der Waals surface area contributed by atoms with Gasteiger partial charge in [0.15, 0.2) is 0 Å². The summed E-state index contributed by atoms with van der Waals surface area (Å²) in [6, 6.07) is 0. The van der Waals surface area contributed by atoms with Gasteiger partial charge in [-0.2, -0.15) is 0 Å². The second kappa shape index (κ2) is 3.80. The summed E-state index contributed by atoms with van der Waals surface area (Å²) in [5.74, 6) is 0.481. The Labute approximate surface area is 99.8 Å². The Morgan fingerprint density at radius 1 is 1.53 bits per heavy atom. The van der Waals surface area contributed by atoms with E-state index in [2.05, 4.69) is 20.5 Å². The molecule has 6 nitrogen and oxygen atoms in total. The number of nitrogens with one attached hydrogen (secondary N) is 2. The van der Waals surface area contributed by atoms with Crippen LogP contribution in [0.25, 0.3) is 0 Å². The highest BCUT2D eigenvalue weighted by Crippen LogP contribution is 2.34. The molecule has 1 heterocycles. The highest BCUT2D eigenvalue weighted by atomic mass is 16.3. The molecule has 1 aliphatic rings. The molecule has 0 saturated heterocycles. The van der Waals surface area contributed by atoms with E-state index in [-0.39, 0.29) is 23.8 Å². The Bertz CT molecular complexity index is 429. The van der Waals surface area contributed by atoms with E-state index in [9.17, 15) is 4.79 Å². The predicted octanol–water partition coefficient (Wildman–Crippen LogP) is 0.357. The molecule has 6 heteroatoms. The largest absolute Gasteiger partial charge is 0.394 e. The van der Waals surface area contributed by atoms with Gasteiger partial charge < -0.3 is 10.4 Å². The van der Waals surface area contributed by atoms with Crippen LogP contribution in [-0.4, -0.2) is 38.3 Å². The van der Waals surface area contributed by atoms with Gasteiger partial charge in [0.25, 0.3) is 5.91 Å². The average molecular weight is 238 g/mol. The number of aromatic nitrogens is 3. The maximum Gasteiger partial charge on any atom is 0.291 e. The van der Waals surface area contributed by atoms with E-state index in [4.69, 9.17) is 5.11 Å². The van der Waals surface area contributed by atoms with Gasteiger partial charge >= 0.3 is 0 Å². The molecule has 17 heavy (non-hydrogen) atoms. The zero-order valence-electron chi connectivity index (χ0n) is 10.4. The Kier molecular flexibility index (Phi) is 2.69. The van der Waals surface area contributed by atoms with Crippen molar-refractivity contribution >= 4 is 5.91 Å². The number of H-pyrrole nitrogens is 1. The summed E-state index contributed by atoms with van der Waals surface area (Å²) < 4.78 is 0. The minimum Gasteiger partial charge on any atom is -0.394 e. The quantitative estimate of drug-likeness (QED) is 0.709. The fraction of sp³-hybridized carbons (Fsp3) is 0.727. The maximum absolute atomic E-state index is 11.8. The van der Waals surface area contributed by atoms with E-state index in [0.29, 0.717) is 5.82 Å². The summed E-state index contributed by atoms with van der Waals surface area (Å²) in [5, 5.41) is 18.6. The molecule has 3 N–H and O–H groups in total. The molecule has 0 spiro atoms.